The molecule has 6 nitrogen and oxygen atoms in total. The molecule has 0 saturated carbocycles. The van der Waals surface area contributed by atoms with E-state index in [4.69, 9.17) is 22.6 Å². The fourth-order valence-corrected chi connectivity index (χ4v) is 2.84. The van der Waals surface area contributed by atoms with Crippen LogP contribution in [0, 0.1) is 13.1 Å². The maximum atomic E-state index is 12.4. The van der Waals surface area contributed by atoms with Crippen LogP contribution < -0.4 is 4.74 Å². The third kappa shape index (κ3) is 3.72. The molecule has 0 aliphatic rings. The van der Waals surface area contributed by atoms with E-state index in [0.717, 1.165) is 5.56 Å². The number of carbonyl (C=O) groups is 1. The largest absolute Gasteiger partial charge is 0.461 e. The van der Waals surface area contributed by atoms with Gasteiger partial charge in [-0.3, -0.25) is 0 Å². The van der Waals surface area contributed by atoms with Crippen LogP contribution in [0.25, 0.3) is 20.8 Å². The van der Waals surface area contributed by atoms with Crippen molar-refractivity contribution in [2.45, 2.75) is 6.92 Å². The van der Waals surface area contributed by atoms with Crippen LogP contribution in [0.3, 0.4) is 0 Å². The van der Waals surface area contributed by atoms with Crippen molar-refractivity contribution in [3.8, 4) is 22.6 Å². The molecule has 0 aliphatic heterocycles. The van der Waals surface area contributed by atoms with Crippen LogP contribution in [0.15, 0.2) is 54.7 Å². The minimum Gasteiger partial charge on any atom is -0.461 e. The summed E-state index contributed by atoms with van der Waals surface area (Å²) in [5, 5.41) is 0. The van der Waals surface area contributed by atoms with Crippen LogP contribution in [0.4, 0.5) is 11.4 Å². The zero-order valence-electron chi connectivity index (χ0n) is 15.5. The van der Waals surface area contributed by atoms with Gasteiger partial charge in [-0.05, 0) is 36.8 Å². The van der Waals surface area contributed by atoms with E-state index in [2.05, 4.69) is 9.69 Å². The van der Waals surface area contributed by atoms with Crippen LogP contribution in [-0.4, -0.2) is 17.1 Å². The monoisotopic (exact) mass is 371 g/mol. The van der Waals surface area contributed by atoms with E-state index in [9.17, 15) is 4.79 Å². The first-order valence-corrected chi connectivity index (χ1v) is 8.57. The highest BCUT2D eigenvalue weighted by Crippen LogP contribution is 2.37. The number of hydrogen-bond acceptors (Lipinski definition) is 3. The predicted octanol–water partition coefficient (Wildman–Crippen LogP) is 5.76. The van der Waals surface area contributed by atoms with Crippen molar-refractivity contribution in [3.63, 3.8) is 0 Å². The molecule has 0 saturated heterocycles. The van der Waals surface area contributed by atoms with Crippen molar-refractivity contribution in [2.75, 3.05) is 6.61 Å². The predicted molar refractivity (Wildman–Crippen MR) is 106 cm³/mol. The molecule has 0 fully saturated rings. The van der Waals surface area contributed by atoms with Gasteiger partial charge in [-0.2, -0.15) is 0 Å². The lowest BCUT2D eigenvalue weighted by atomic mass is 10.0. The smallest absolute Gasteiger partial charge is 0.354 e. The number of rotatable bonds is 5. The summed E-state index contributed by atoms with van der Waals surface area (Å²) in [6.45, 7) is 16.4. The Balaban J connectivity index is 1.92. The van der Waals surface area contributed by atoms with E-state index in [1.807, 2.05) is 0 Å². The second-order valence-electron chi connectivity index (χ2n) is 5.91. The number of benzene rings is 2. The SMILES string of the molecule is [C-]#[N+]c1ccc(Oc2ccc(-c3c([N+]#[C-])cn(C)c3C(=O)OCC)cc2)cc1. The summed E-state index contributed by atoms with van der Waals surface area (Å²) < 4.78 is 12.5. The van der Waals surface area contributed by atoms with Gasteiger partial charge in [-0.15, -0.1) is 0 Å². The standard InChI is InChI=1S/C22H17N3O3/c1-5-27-22(26)21-20(19(24-3)14-25(21)4)15-6-10-17(11-7-15)28-18-12-8-16(23-2)9-13-18/h6-14H,5H2,1,4H3. The summed E-state index contributed by atoms with van der Waals surface area (Å²) in [6, 6.07) is 14.0. The van der Waals surface area contributed by atoms with Crippen molar-refractivity contribution in [1.82, 2.24) is 4.57 Å². The number of aromatic nitrogens is 1. The van der Waals surface area contributed by atoms with E-state index in [1.165, 1.54) is 0 Å². The molecule has 0 bridgehead atoms. The first kappa shape index (κ1) is 18.8. The van der Waals surface area contributed by atoms with E-state index >= 15 is 0 Å². The Bertz CT molecular complexity index is 1080. The van der Waals surface area contributed by atoms with Crippen molar-refractivity contribution >= 4 is 17.3 Å². The molecule has 138 valence electrons. The highest BCUT2D eigenvalue weighted by Gasteiger charge is 2.22. The van der Waals surface area contributed by atoms with E-state index in [-0.39, 0.29) is 6.61 Å². The second-order valence-corrected chi connectivity index (χ2v) is 5.91. The molecule has 1 heterocycles. The molecule has 0 N–H and O–H groups in total. The summed E-state index contributed by atoms with van der Waals surface area (Å²) >= 11 is 0. The Kier molecular flexibility index (Phi) is 5.43. The van der Waals surface area contributed by atoms with E-state index in [0.29, 0.717) is 34.1 Å². The number of aryl methyl sites for hydroxylation is 1. The van der Waals surface area contributed by atoms with Gasteiger partial charge in [0.05, 0.1) is 19.8 Å². The van der Waals surface area contributed by atoms with Gasteiger partial charge in [0.15, 0.2) is 5.69 Å². The number of hydrogen-bond donors (Lipinski definition) is 0. The summed E-state index contributed by atoms with van der Waals surface area (Å²) in [6.07, 6.45) is 1.62. The van der Waals surface area contributed by atoms with Gasteiger partial charge >= 0.3 is 5.97 Å². The Morgan fingerprint density at radius 2 is 1.61 bits per heavy atom. The van der Waals surface area contributed by atoms with Gasteiger partial charge in [-0.25, -0.2) is 14.5 Å². The van der Waals surface area contributed by atoms with Gasteiger partial charge < -0.3 is 14.0 Å². The van der Waals surface area contributed by atoms with Crippen molar-refractivity contribution in [3.05, 3.63) is 83.3 Å². The molecule has 0 radical (unpaired) electrons. The number of esters is 1. The number of ether oxygens (including phenoxy) is 2. The molecule has 0 spiro atoms. The molecule has 28 heavy (non-hydrogen) atoms. The van der Waals surface area contributed by atoms with Crippen molar-refractivity contribution < 1.29 is 14.3 Å². The Morgan fingerprint density at radius 1 is 1.00 bits per heavy atom. The first-order valence-electron chi connectivity index (χ1n) is 8.57. The quantitative estimate of drug-likeness (QED) is 0.423. The fraction of sp³-hybridized carbons (Fsp3) is 0.136. The van der Waals surface area contributed by atoms with Gasteiger partial charge in [0, 0.05) is 18.8 Å². The molecule has 0 unspecified atom stereocenters. The van der Waals surface area contributed by atoms with Gasteiger partial charge in [0.25, 0.3) is 0 Å². The molecule has 1 aromatic heterocycles. The molecule has 2 aromatic carbocycles. The Morgan fingerprint density at radius 3 is 2.14 bits per heavy atom. The third-order valence-electron chi connectivity index (χ3n) is 4.10. The van der Waals surface area contributed by atoms with Crippen molar-refractivity contribution in [1.29, 1.82) is 0 Å². The molecule has 0 aliphatic carbocycles. The fourth-order valence-electron chi connectivity index (χ4n) is 2.84. The normalized spacial score (nSPS) is 10.0. The van der Waals surface area contributed by atoms with Crippen LogP contribution >= 0.6 is 0 Å². The summed E-state index contributed by atoms with van der Waals surface area (Å²) in [7, 11) is 1.72. The number of nitrogens with zero attached hydrogens (tertiary/aromatic N) is 3. The van der Waals surface area contributed by atoms with Crippen LogP contribution in [0.2, 0.25) is 0 Å². The highest BCUT2D eigenvalue weighted by atomic mass is 16.5. The lowest BCUT2D eigenvalue weighted by Gasteiger charge is -2.10. The van der Waals surface area contributed by atoms with Crippen LogP contribution in [0.1, 0.15) is 17.4 Å². The topological polar surface area (TPSA) is 49.2 Å². The van der Waals surface area contributed by atoms with Gasteiger partial charge in [0.2, 0.25) is 5.69 Å². The Labute approximate surface area is 163 Å². The van der Waals surface area contributed by atoms with Crippen LogP contribution in [-0.2, 0) is 11.8 Å². The van der Waals surface area contributed by atoms with Crippen molar-refractivity contribution in [2.24, 2.45) is 7.05 Å². The van der Waals surface area contributed by atoms with Crippen LogP contribution in [0.5, 0.6) is 11.5 Å². The second kappa shape index (κ2) is 8.11. The summed E-state index contributed by atoms with van der Waals surface area (Å²) in [5.41, 5.74) is 2.55. The molecule has 0 atom stereocenters. The first-order chi connectivity index (χ1) is 13.6. The Hall–Kier alpha value is -4.03. The summed E-state index contributed by atoms with van der Waals surface area (Å²) in [4.78, 5) is 19.2. The lowest BCUT2D eigenvalue weighted by Crippen LogP contribution is -2.10. The minimum atomic E-state index is -0.463. The minimum absolute atomic E-state index is 0.260. The molecular weight excluding hydrogens is 354 g/mol. The van der Waals surface area contributed by atoms with E-state index < -0.39 is 5.97 Å². The molecule has 6 heteroatoms. The molecule has 3 rings (SSSR count). The number of carbonyl (C=O) groups excluding carboxylic acids is 1. The maximum Gasteiger partial charge on any atom is 0.354 e. The van der Waals surface area contributed by atoms with Gasteiger partial charge in [0.1, 0.15) is 17.2 Å². The third-order valence-corrected chi connectivity index (χ3v) is 4.10. The molecular formula is C22H17N3O3. The average molecular weight is 371 g/mol. The summed E-state index contributed by atoms with van der Waals surface area (Å²) in [5.74, 6) is 0.765. The van der Waals surface area contributed by atoms with E-state index in [1.54, 1.807) is 73.3 Å². The zero-order valence-corrected chi connectivity index (χ0v) is 15.5. The average Bonchev–Trinajstić information content (AvgIpc) is 3.05. The lowest BCUT2D eigenvalue weighted by molar-refractivity contribution is 0.0516. The zero-order chi connectivity index (χ0) is 20.1. The highest BCUT2D eigenvalue weighted by molar-refractivity contribution is 6.00. The maximum absolute atomic E-state index is 12.4. The molecule has 3 aromatic rings. The molecule has 0 amide bonds. The van der Waals surface area contributed by atoms with Gasteiger partial charge in [-0.1, -0.05) is 24.3 Å².